The lowest BCUT2D eigenvalue weighted by atomic mass is 10.1. The number of para-hydroxylation sites is 1. The molecule has 0 aliphatic heterocycles. The van der Waals surface area contributed by atoms with Gasteiger partial charge in [-0.25, -0.2) is 9.97 Å². The lowest BCUT2D eigenvalue weighted by molar-refractivity contribution is 0.0950. The molecule has 1 amide bonds. The molecule has 0 saturated heterocycles. The number of nitrogens with zero attached hydrogens (tertiary/aromatic N) is 3. The number of aromatic nitrogens is 3. The standard InChI is InChI=1S/C21H18N4O2/c1-27-19-7-3-2-5-16(19)13-23-21(26)15-8-10-17(11-9-15)25-14-24-18-6-4-12-22-20(18)25/h2-12,14H,13H2,1H3,(H,23,26). The van der Waals surface area contributed by atoms with E-state index in [4.69, 9.17) is 4.74 Å². The molecule has 4 rings (SSSR count). The van der Waals surface area contributed by atoms with Gasteiger partial charge >= 0.3 is 0 Å². The molecule has 1 N–H and O–H groups in total. The quantitative estimate of drug-likeness (QED) is 0.594. The summed E-state index contributed by atoms with van der Waals surface area (Å²) in [6.07, 6.45) is 3.47. The van der Waals surface area contributed by atoms with Crippen molar-refractivity contribution in [1.29, 1.82) is 0 Å². The number of rotatable bonds is 5. The van der Waals surface area contributed by atoms with Crippen molar-refractivity contribution in [3.8, 4) is 11.4 Å². The van der Waals surface area contributed by atoms with Crippen molar-refractivity contribution in [2.45, 2.75) is 6.54 Å². The van der Waals surface area contributed by atoms with E-state index >= 15 is 0 Å². The van der Waals surface area contributed by atoms with E-state index in [1.165, 1.54) is 0 Å². The van der Waals surface area contributed by atoms with E-state index in [1.807, 2.05) is 53.1 Å². The predicted molar refractivity (Wildman–Crippen MR) is 103 cm³/mol. The summed E-state index contributed by atoms with van der Waals surface area (Å²) in [6.45, 7) is 0.403. The highest BCUT2D eigenvalue weighted by Crippen LogP contribution is 2.18. The van der Waals surface area contributed by atoms with E-state index in [0.29, 0.717) is 12.1 Å². The molecule has 0 saturated carbocycles. The molecule has 0 radical (unpaired) electrons. The summed E-state index contributed by atoms with van der Waals surface area (Å²) in [7, 11) is 1.62. The number of fused-ring (bicyclic) bond motifs is 1. The average Bonchev–Trinajstić information content (AvgIpc) is 3.16. The SMILES string of the molecule is COc1ccccc1CNC(=O)c1ccc(-n2cnc3cccnc32)cc1. The van der Waals surface area contributed by atoms with Gasteiger partial charge in [-0.15, -0.1) is 0 Å². The Kier molecular flexibility index (Phi) is 4.53. The molecule has 134 valence electrons. The minimum Gasteiger partial charge on any atom is -0.496 e. The first-order chi connectivity index (χ1) is 13.3. The molecule has 0 fully saturated rings. The number of ether oxygens (including phenoxy) is 1. The molecule has 6 heteroatoms. The molecule has 2 heterocycles. The van der Waals surface area contributed by atoms with Crippen LogP contribution in [0, 0.1) is 0 Å². The summed E-state index contributed by atoms with van der Waals surface area (Å²) in [4.78, 5) is 21.1. The normalized spacial score (nSPS) is 10.7. The molecule has 2 aromatic carbocycles. The van der Waals surface area contributed by atoms with Gasteiger partial charge in [-0.05, 0) is 42.5 Å². The number of pyridine rings is 1. The Hall–Kier alpha value is -3.67. The van der Waals surface area contributed by atoms with Crippen molar-refractivity contribution in [3.05, 3.63) is 84.3 Å². The Morgan fingerprint density at radius 3 is 2.67 bits per heavy atom. The van der Waals surface area contributed by atoms with Crippen molar-refractivity contribution in [2.24, 2.45) is 0 Å². The van der Waals surface area contributed by atoms with Crippen LogP contribution in [0.3, 0.4) is 0 Å². The van der Waals surface area contributed by atoms with Crippen molar-refractivity contribution in [3.63, 3.8) is 0 Å². The molecule has 0 spiro atoms. The number of hydrogen-bond acceptors (Lipinski definition) is 4. The Balaban J connectivity index is 1.49. The second-order valence-electron chi connectivity index (χ2n) is 6.00. The summed E-state index contributed by atoms with van der Waals surface area (Å²) < 4.78 is 7.20. The molecular formula is C21H18N4O2. The summed E-state index contributed by atoms with van der Waals surface area (Å²) in [5, 5.41) is 2.92. The minimum absolute atomic E-state index is 0.138. The zero-order chi connectivity index (χ0) is 18.6. The molecule has 0 unspecified atom stereocenters. The average molecular weight is 358 g/mol. The Labute approximate surface area is 156 Å². The van der Waals surface area contributed by atoms with Crippen LogP contribution >= 0.6 is 0 Å². The maximum Gasteiger partial charge on any atom is 0.251 e. The Bertz CT molecular complexity index is 1090. The van der Waals surface area contributed by atoms with Crippen LogP contribution in [0.1, 0.15) is 15.9 Å². The summed E-state index contributed by atoms with van der Waals surface area (Å²) in [5.74, 6) is 0.619. The molecule has 2 aromatic heterocycles. The number of carbonyl (C=O) groups is 1. The summed E-state index contributed by atoms with van der Waals surface area (Å²) in [5.41, 5.74) is 4.03. The van der Waals surface area contributed by atoms with Crippen LogP contribution in [-0.2, 0) is 6.54 Å². The molecule has 0 atom stereocenters. The minimum atomic E-state index is -0.138. The van der Waals surface area contributed by atoms with Crippen LogP contribution in [0.25, 0.3) is 16.9 Å². The smallest absolute Gasteiger partial charge is 0.251 e. The topological polar surface area (TPSA) is 69.0 Å². The first kappa shape index (κ1) is 16.8. The van der Waals surface area contributed by atoms with E-state index in [1.54, 1.807) is 31.8 Å². The van der Waals surface area contributed by atoms with E-state index in [9.17, 15) is 4.79 Å². The van der Waals surface area contributed by atoms with E-state index < -0.39 is 0 Å². The molecule has 0 aliphatic rings. The first-order valence-corrected chi connectivity index (χ1v) is 8.55. The zero-order valence-electron chi connectivity index (χ0n) is 14.8. The molecular weight excluding hydrogens is 340 g/mol. The van der Waals surface area contributed by atoms with Crippen molar-refractivity contribution in [1.82, 2.24) is 19.9 Å². The highest BCUT2D eigenvalue weighted by atomic mass is 16.5. The van der Waals surface area contributed by atoms with E-state index in [-0.39, 0.29) is 5.91 Å². The number of hydrogen-bond donors (Lipinski definition) is 1. The molecule has 0 aliphatic carbocycles. The van der Waals surface area contributed by atoms with Gasteiger partial charge in [0.05, 0.1) is 7.11 Å². The van der Waals surface area contributed by atoms with Crippen LogP contribution in [0.15, 0.2) is 73.2 Å². The number of carbonyl (C=O) groups excluding carboxylic acids is 1. The number of nitrogens with one attached hydrogen (secondary N) is 1. The maximum absolute atomic E-state index is 12.4. The second-order valence-corrected chi connectivity index (χ2v) is 6.00. The van der Waals surface area contributed by atoms with E-state index in [0.717, 1.165) is 28.2 Å². The largest absolute Gasteiger partial charge is 0.496 e. The van der Waals surface area contributed by atoms with Crippen molar-refractivity contribution in [2.75, 3.05) is 7.11 Å². The van der Waals surface area contributed by atoms with Gasteiger partial charge in [-0.3, -0.25) is 9.36 Å². The van der Waals surface area contributed by atoms with Crippen molar-refractivity contribution < 1.29 is 9.53 Å². The lowest BCUT2D eigenvalue weighted by Gasteiger charge is -2.10. The summed E-state index contributed by atoms with van der Waals surface area (Å²) in [6, 6.07) is 18.7. The second kappa shape index (κ2) is 7.29. The number of methoxy groups -OCH3 is 1. The van der Waals surface area contributed by atoms with Crippen LogP contribution in [0.4, 0.5) is 0 Å². The van der Waals surface area contributed by atoms with Gasteiger partial charge in [0.2, 0.25) is 0 Å². The third kappa shape index (κ3) is 3.37. The first-order valence-electron chi connectivity index (χ1n) is 8.55. The maximum atomic E-state index is 12.4. The van der Waals surface area contributed by atoms with Crippen LogP contribution in [0.2, 0.25) is 0 Å². The molecule has 27 heavy (non-hydrogen) atoms. The van der Waals surface area contributed by atoms with Crippen LogP contribution in [0.5, 0.6) is 5.75 Å². The summed E-state index contributed by atoms with van der Waals surface area (Å²) >= 11 is 0. The monoisotopic (exact) mass is 358 g/mol. The molecule has 4 aromatic rings. The fourth-order valence-electron chi connectivity index (χ4n) is 2.94. The molecule has 6 nitrogen and oxygen atoms in total. The number of imidazole rings is 1. The Morgan fingerprint density at radius 1 is 1.04 bits per heavy atom. The van der Waals surface area contributed by atoms with E-state index in [2.05, 4.69) is 15.3 Å². The van der Waals surface area contributed by atoms with Gasteiger partial charge in [0, 0.05) is 29.6 Å². The zero-order valence-corrected chi connectivity index (χ0v) is 14.8. The lowest BCUT2D eigenvalue weighted by Crippen LogP contribution is -2.23. The van der Waals surface area contributed by atoms with Gasteiger partial charge in [-0.1, -0.05) is 18.2 Å². The van der Waals surface area contributed by atoms with Crippen LogP contribution < -0.4 is 10.1 Å². The van der Waals surface area contributed by atoms with Gasteiger partial charge in [0.1, 0.15) is 17.6 Å². The fraction of sp³-hybridized carbons (Fsp3) is 0.0952. The third-order valence-electron chi connectivity index (χ3n) is 4.35. The van der Waals surface area contributed by atoms with Gasteiger partial charge in [-0.2, -0.15) is 0 Å². The van der Waals surface area contributed by atoms with Crippen LogP contribution in [-0.4, -0.2) is 27.6 Å². The van der Waals surface area contributed by atoms with Crippen molar-refractivity contribution >= 4 is 17.1 Å². The predicted octanol–water partition coefficient (Wildman–Crippen LogP) is 3.36. The van der Waals surface area contributed by atoms with Gasteiger partial charge in [0.25, 0.3) is 5.91 Å². The number of benzene rings is 2. The Morgan fingerprint density at radius 2 is 1.85 bits per heavy atom. The molecule has 0 bridgehead atoms. The number of amides is 1. The fourth-order valence-corrected chi connectivity index (χ4v) is 2.94. The third-order valence-corrected chi connectivity index (χ3v) is 4.35. The highest BCUT2D eigenvalue weighted by molar-refractivity contribution is 5.94. The van der Waals surface area contributed by atoms with Gasteiger partial charge in [0.15, 0.2) is 5.65 Å². The van der Waals surface area contributed by atoms with Gasteiger partial charge < -0.3 is 10.1 Å². The highest BCUT2D eigenvalue weighted by Gasteiger charge is 2.09.